The Balaban J connectivity index is 1.88. The maximum absolute atomic E-state index is 12.0. The molecule has 0 aromatic heterocycles. The summed E-state index contributed by atoms with van der Waals surface area (Å²) < 4.78 is 0. The highest BCUT2D eigenvalue weighted by Crippen LogP contribution is 2.26. The molecule has 2 aromatic carbocycles. The van der Waals surface area contributed by atoms with Gasteiger partial charge in [0.2, 0.25) is 0 Å². The van der Waals surface area contributed by atoms with Crippen LogP contribution >= 0.6 is 0 Å². The lowest BCUT2D eigenvalue weighted by atomic mass is 9.88. The number of hydrogen-bond acceptors (Lipinski definition) is 2. The quantitative estimate of drug-likeness (QED) is 0.781. The summed E-state index contributed by atoms with van der Waals surface area (Å²) in [7, 11) is 0. The third-order valence-corrected chi connectivity index (χ3v) is 4.03. The summed E-state index contributed by atoms with van der Waals surface area (Å²) in [5.74, 6) is 0. The zero-order chi connectivity index (χ0) is 15.3. The van der Waals surface area contributed by atoms with Gasteiger partial charge >= 0.3 is 0 Å². The van der Waals surface area contributed by atoms with Gasteiger partial charge in [0.25, 0.3) is 0 Å². The predicted molar refractivity (Wildman–Crippen MR) is 89.2 cm³/mol. The van der Waals surface area contributed by atoms with Crippen LogP contribution in [0.3, 0.4) is 0 Å². The Morgan fingerprint density at radius 1 is 0.864 bits per heavy atom. The third-order valence-electron chi connectivity index (χ3n) is 4.03. The number of nitrogens with zero attached hydrogens (tertiary/aromatic N) is 1. The average molecular weight is 289 g/mol. The second-order valence-corrected chi connectivity index (χ2v) is 5.59. The minimum atomic E-state index is -0.619. The summed E-state index contributed by atoms with van der Waals surface area (Å²) in [6.45, 7) is 0.716. The molecule has 2 aromatic rings. The molecule has 1 aliphatic rings. The molecule has 0 bridgehead atoms. The molecule has 0 amide bonds. The maximum Gasteiger partial charge on any atom is 0.149 e. The number of benzene rings is 2. The lowest BCUT2D eigenvalue weighted by molar-refractivity contribution is -0.115. The fourth-order valence-corrected chi connectivity index (χ4v) is 2.82. The highest BCUT2D eigenvalue weighted by molar-refractivity contribution is 5.70. The first-order valence-corrected chi connectivity index (χ1v) is 7.49. The molecule has 2 nitrogen and oxygen atoms in total. The number of aldehydes is 1. The van der Waals surface area contributed by atoms with E-state index in [1.165, 1.54) is 5.56 Å². The number of carbonyl (C=O) groups is 1. The van der Waals surface area contributed by atoms with Gasteiger partial charge in [-0.1, -0.05) is 72.8 Å². The fraction of sp³-hybridized carbons (Fsp3) is 0.150. The summed E-state index contributed by atoms with van der Waals surface area (Å²) >= 11 is 0. The highest BCUT2D eigenvalue weighted by atomic mass is 16.1. The Labute approximate surface area is 131 Å². The van der Waals surface area contributed by atoms with Crippen LogP contribution in [-0.2, 0) is 17.8 Å². The molecule has 1 heterocycles. The normalized spacial score (nSPS) is 20.1. The summed E-state index contributed by atoms with van der Waals surface area (Å²) in [5.41, 5.74) is 1.74. The molecular formula is C20H19NO. The topological polar surface area (TPSA) is 20.3 Å². The number of hydrogen-bond donors (Lipinski definition) is 0. The molecular weight excluding hydrogens is 270 g/mol. The molecule has 1 atom stereocenters. The Kier molecular flexibility index (Phi) is 4.19. The molecule has 1 unspecified atom stereocenters. The minimum Gasteiger partial charge on any atom is -0.357 e. The van der Waals surface area contributed by atoms with E-state index in [0.29, 0.717) is 13.0 Å². The number of allylic oxidation sites excluding steroid dienone is 2. The van der Waals surface area contributed by atoms with E-state index >= 15 is 0 Å². The van der Waals surface area contributed by atoms with E-state index in [0.717, 1.165) is 11.8 Å². The van der Waals surface area contributed by atoms with Crippen molar-refractivity contribution in [2.75, 3.05) is 0 Å². The molecule has 0 radical (unpaired) electrons. The van der Waals surface area contributed by atoms with Crippen LogP contribution in [-0.4, -0.2) is 16.7 Å². The largest absolute Gasteiger partial charge is 0.357 e. The van der Waals surface area contributed by atoms with Crippen molar-refractivity contribution >= 4 is 6.29 Å². The first-order chi connectivity index (χ1) is 10.8. The van der Waals surface area contributed by atoms with Crippen LogP contribution in [0.4, 0.5) is 0 Å². The Hall–Kier alpha value is -2.61. The van der Waals surface area contributed by atoms with Gasteiger partial charge in [-0.25, -0.2) is 0 Å². The summed E-state index contributed by atoms with van der Waals surface area (Å²) in [6, 6.07) is 20.4. The Morgan fingerprint density at radius 2 is 1.50 bits per heavy atom. The molecule has 0 saturated carbocycles. The van der Waals surface area contributed by atoms with Crippen LogP contribution in [0.2, 0.25) is 0 Å². The Morgan fingerprint density at radius 3 is 2.14 bits per heavy atom. The van der Waals surface area contributed by atoms with Crippen molar-refractivity contribution in [1.29, 1.82) is 0 Å². The van der Waals surface area contributed by atoms with Gasteiger partial charge in [0.1, 0.15) is 11.8 Å². The van der Waals surface area contributed by atoms with Crippen molar-refractivity contribution in [3.63, 3.8) is 0 Å². The Bertz CT molecular complexity index is 675. The van der Waals surface area contributed by atoms with Gasteiger partial charge in [-0.3, -0.25) is 0 Å². The summed E-state index contributed by atoms with van der Waals surface area (Å²) in [6.07, 6.45) is 9.67. The zero-order valence-electron chi connectivity index (χ0n) is 12.4. The monoisotopic (exact) mass is 289 g/mol. The molecule has 0 aliphatic carbocycles. The van der Waals surface area contributed by atoms with Gasteiger partial charge in [-0.15, -0.1) is 0 Å². The molecule has 110 valence electrons. The summed E-state index contributed by atoms with van der Waals surface area (Å²) in [5, 5.41) is 0. The minimum absolute atomic E-state index is 0.619. The van der Waals surface area contributed by atoms with Crippen LogP contribution in [0.25, 0.3) is 0 Å². The van der Waals surface area contributed by atoms with Gasteiger partial charge in [-0.2, -0.15) is 0 Å². The lowest BCUT2D eigenvalue weighted by Crippen LogP contribution is -2.48. The first-order valence-electron chi connectivity index (χ1n) is 7.49. The van der Waals surface area contributed by atoms with Crippen LogP contribution in [0, 0.1) is 0 Å². The number of carbonyl (C=O) groups excluding carboxylic acids is 1. The lowest BCUT2D eigenvalue weighted by Gasteiger charge is -2.39. The van der Waals surface area contributed by atoms with Gasteiger partial charge in [0, 0.05) is 19.2 Å². The van der Waals surface area contributed by atoms with E-state index in [2.05, 4.69) is 29.2 Å². The average Bonchev–Trinajstić information content (AvgIpc) is 2.58. The van der Waals surface area contributed by atoms with Crippen molar-refractivity contribution < 1.29 is 4.79 Å². The van der Waals surface area contributed by atoms with Crippen LogP contribution < -0.4 is 0 Å². The van der Waals surface area contributed by atoms with Crippen molar-refractivity contribution in [3.8, 4) is 0 Å². The van der Waals surface area contributed by atoms with E-state index in [1.54, 1.807) is 0 Å². The van der Waals surface area contributed by atoms with E-state index in [9.17, 15) is 4.79 Å². The second kappa shape index (κ2) is 6.44. The molecule has 22 heavy (non-hydrogen) atoms. The van der Waals surface area contributed by atoms with Crippen molar-refractivity contribution in [3.05, 3.63) is 96.2 Å². The third kappa shape index (κ3) is 3.01. The van der Waals surface area contributed by atoms with E-state index in [-0.39, 0.29) is 0 Å². The van der Waals surface area contributed by atoms with Gasteiger partial charge in [0.05, 0.1) is 0 Å². The maximum atomic E-state index is 12.0. The highest BCUT2D eigenvalue weighted by Gasteiger charge is 2.33. The smallest absolute Gasteiger partial charge is 0.149 e. The van der Waals surface area contributed by atoms with E-state index in [1.807, 2.05) is 60.8 Å². The van der Waals surface area contributed by atoms with E-state index in [4.69, 9.17) is 0 Å². The first kappa shape index (κ1) is 14.3. The molecule has 3 rings (SSSR count). The summed E-state index contributed by atoms with van der Waals surface area (Å²) in [4.78, 5) is 14.1. The molecule has 1 aliphatic heterocycles. The number of rotatable bonds is 5. The standard InChI is InChI=1S/C20H19NO/c22-17-20(15-18-9-3-1-4-10-18)13-7-8-14-21(20)16-19-11-5-2-6-12-19/h1-14,17H,15-16H2. The van der Waals surface area contributed by atoms with E-state index < -0.39 is 5.54 Å². The predicted octanol–water partition coefficient (Wildman–Crippen LogP) is 3.75. The van der Waals surface area contributed by atoms with Crippen molar-refractivity contribution in [1.82, 2.24) is 4.90 Å². The van der Waals surface area contributed by atoms with Gasteiger partial charge in [0.15, 0.2) is 0 Å². The molecule has 0 N–H and O–H groups in total. The fourth-order valence-electron chi connectivity index (χ4n) is 2.82. The van der Waals surface area contributed by atoms with Crippen LogP contribution in [0.1, 0.15) is 11.1 Å². The zero-order valence-corrected chi connectivity index (χ0v) is 12.4. The van der Waals surface area contributed by atoms with Crippen LogP contribution in [0.15, 0.2) is 85.1 Å². The molecule has 0 spiro atoms. The molecule has 2 heteroatoms. The SMILES string of the molecule is O=CC1(Cc2ccccc2)C=CC=CN1Cc1ccccc1. The van der Waals surface area contributed by atoms with Crippen molar-refractivity contribution in [2.24, 2.45) is 0 Å². The second-order valence-electron chi connectivity index (χ2n) is 5.59. The van der Waals surface area contributed by atoms with Gasteiger partial charge < -0.3 is 9.69 Å². The van der Waals surface area contributed by atoms with Crippen molar-refractivity contribution in [2.45, 2.75) is 18.5 Å². The van der Waals surface area contributed by atoms with Crippen LogP contribution in [0.5, 0.6) is 0 Å². The van der Waals surface area contributed by atoms with Gasteiger partial charge in [-0.05, 0) is 17.2 Å². The molecule has 0 fully saturated rings. The molecule has 0 saturated heterocycles.